The molecule has 3 atom stereocenters. The highest BCUT2D eigenvalue weighted by Crippen LogP contribution is 2.41. The average molecular weight is 628 g/mol. The number of carboxylic acids is 1. The van der Waals surface area contributed by atoms with Gasteiger partial charge in [0, 0.05) is 17.8 Å². The number of carbonyl (C=O) groups excluding carboxylic acids is 3. The molecule has 246 valence electrons. The fourth-order valence-electron chi connectivity index (χ4n) is 7.61. The Balaban J connectivity index is 1.27. The van der Waals surface area contributed by atoms with Crippen molar-refractivity contribution in [3.63, 3.8) is 0 Å². The number of carboxylic acid groups (broad SMARTS) is 1. The van der Waals surface area contributed by atoms with Gasteiger partial charge in [-0.2, -0.15) is 0 Å². The molecule has 5 rings (SSSR count). The van der Waals surface area contributed by atoms with Crippen molar-refractivity contribution in [2.24, 2.45) is 23.7 Å². The number of pyridine rings is 1. The Morgan fingerprint density at radius 3 is 2.42 bits per heavy atom. The minimum absolute atomic E-state index is 0.0355. The van der Waals surface area contributed by atoms with Crippen molar-refractivity contribution in [3.05, 3.63) is 24.0 Å². The molecule has 3 amide bonds. The number of rotatable bonds is 8. The number of fused-ring (bicyclic) bond motifs is 1. The number of hydrogen-bond acceptors (Lipinski definition) is 6. The lowest BCUT2D eigenvalue weighted by Gasteiger charge is -2.37. The fraction of sp³-hybridized carbons (Fsp3) is 0.667. The normalized spacial score (nSPS) is 25.1. The molecule has 3 fully saturated rings. The summed E-state index contributed by atoms with van der Waals surface area (Å²) in [6.45, 7) is 5.07. The number of amides is 3. The molecule has 11 nitrogen and oxygen atoms in total. The van der Waals surface area contributed by atoms with Gasteiger partial charge in [-0.3, -0.25) is 9.59 Å². The van der Waals surface area contributed by atoms with Crippen LogP contribution < -0.4 is 10.6 Å². The standard InChI is InChI=1S/C33H46FN5O6/c1-33(2,3)45-32(44)37-25(17-34)20-9-11-21(12-10-20)30(41)39-14-13-23(19-7-5-4-6-8-19)28(39)29(40)38-27-16-22-15-24(31(42)43)36-26(22)18-35-27/h15-16,18-21,23,25,28,36H,4-14,17H2,1-3H3,(H,37,44)(H,42,43)(H,35,38,40)/t20-,21-,23-,25+,28-/m0/s1. The number of aromatic carboxylic acids is 1. The van der Waals surface area contributed by atoms with E-state index in [1.165, 1.54) is 18.7 Å². The summed E-state index contributed by atoms with van der Waals surface area (Å²) in [6.07, 6.45) is 9.45. The van der Waals surface area contributed by atoms with Crippen molar-refractivity contribution >= 4 is 40.6 Å². The van der Waals surface area contributed by atoms with Crippen LogP contribution in [0, 0.1) is 23.7 Å². The fourth-order valence-corrected chi connectivity index (χ4v) is 7.61. The van der Waals surface area contributed by atoms with Crippen LogP contribution in [0.2, 0.25) is 0 Å². The first-order valence-electron chi connectivity index (χ1n) is 16.3. The third kappa shape index (κ3) is 7.76. The number of aromatic nitrogens is 2. The second-order valence-electron chi connectivity index (χ2n) is 14.0. The van der Waals surface area contributed by atoms with Crippen LogP contribution >= 0.6 is 0 Å². The smallest absolute Gasteiger partial charge is 0.407 e. The van der Waals surface area contributed by atoms with Crippen LogP contribution in [0.5, 0.6) is 0 Å². The molecular weight excluding hydrogens is 581 g/mol. The van der Waals surface area contributed by atoms with Crippen molar-refractivity contribution in [3.8, 4) is 0 Å². The molecule has 3 aliphatic rings. The van der Waals surface area contributed by atoms with Gasteiger partial charge >= 0.3 is 12.1 Å². The number of ether oxygens (including phenoxy) is 1. The van der Waals surface area contributed by atoms with Crippen LogP contribution in [0.25, 0.3) is 10.9 Å². The number of carbonyl (C=O) groups is 4. The van der Waals surface area contributed by atoms with Gasteiger partial charge in [-0.25, -0.2) is 19.0 Å². The Labute approximate surface area is 263 Å². The Hall–Kier alpha value is -3.70. The quantitative estimate of drug-likeness (QED) is 0.294. The maximum atomic E-state index is 14.0. The highest BCUT2D eigenvalue weighted by Gasteiger charge is 2.47. The minimum Gasteiger partial charge on any atom is -0.477 e. The molecule has 12 heteroatoms. The lowest BCUT2D eigenvalue weighted by atomic mass is 9.76. The first-order valence-corrected chi connectivity index (χ1v) is 16.3. The number of halogens is 1. The maximum absolute atomic E-state index is 14.0. The number of nitrogens with one attached hydrogen (secondary N) is 3. The predicted molar refractivity (Wildman–Crippen MR) is 166 cm³/mol. The third-order valence-electron chi connectivity index (χ3n) is 9.80. The zero-order valence-corrected chi connectivity index (χ0v) is 26.4. The lowest BCUT2D eigenvalue weighted by Crippen LogP contribution is -2.50. The number of alkyl carbamates (subject to hydrolysis) is 1. The second-order valence-corrected chi connectivity index (χ2v) is 14.0. The molecule has 2 aliphatic carbocycles. The van der Waals surface area contributed by atoms with E-state index in [2.05, 4.69) is 20.6 Å². The van der Waals surface area contributed by atoms with E-state index in [-0.39, 0.29) is 35.3 Å². The van der Waals surface area contributed by atoms with E-state index in [4.69, 9.17) is 4.74 Å². The summed E-state index contributed by atoms with van der Waals surface area (Å²) in [5, 5.41) is 15.5. The summed E-state index contributed by atoms with van der Waals surface area (Å²) in [7, 11) is 0. The maximum Gasteiger partial charge on any atom is 0.407 e. The number of likely N-dealkylation sites (tertiary alicyclic amines) is 1. The molecule has 0 aromatic carbocycles. The van der Waals surface area contributed by atoms with Crippen LogP contribution in [0.4, 0.5) is 15.0 Å². The van der Waals surface area contributed by atoms with Crippen molar-refractivity contribution < 1.29 is 33.4 Å². The highest BCUT2D eigenvalue weighted by molar-refractivity contribution is 5.99. The zero-order chi connectivity index (χ0) is 32.3. The van der Waals surface area contributed by atoms with Gasteiger partial charge < -0.3 is 30.4 Å². The average Bonchev–Trinajstić information content (AvgIpc) is 3.64. The molecule has 0 spiro atoms. The zero-order valence-electron chi connectivity index (χ0n) is 26.4. The van der Waals surface area contributed by atoms with Gasteiger partial charge in [-0.15, -0.1) is 0 Å². The predicted octanol–water partition coefficient (Wildman–Crippen LogP) is 5.67. The molecule has 0 radical (unpaired) electrons. The van der Waals surface area contributed by atoms with Gasteiger partial charge in [0.25, 0.3) is 0 Å². The molecule has 3 heterocycles. The van der Waals surface area contributed by atoms with E-state index < -0.39 is 36.4 Å². The number of alkyl halides is 1. The summed E-state index contributed by atoms with van der Waals surface area (Å²) in [4.78, 5) is 60.5. The van der Waals surface area contributed by atoms with Crippen molar-refractivity contribution in [1.29, 1.82) is 0 Å². The largest absolute Gasteiger partial charge is 0.477 e. The number of hydrogen-bond donors (Lipinski definition) is 4. The molecule has 45 heavy (non-hydrogen) atoms. The topological polar surface area (TPSA) is 154 Å². The van der Waals surface area contributed by atoms with E-state index >= 15 is 0 Å². The molecule has 4 N–H and O–H groups in total. The van der Waals surface area contributed by atoms with E-state index in [1.807, 2.05) is 0 Å². The van der Waals surface area contributed by atoms with Gasteiger partial charge in [0.05, 0.1) is 17.8 Å². The van der Waals surface area contributed by atoms with Crippen LogP contribution in [0.3, 0.4) is 0 Å². The summed E-state index contributed by atoms with van der Waals surface area (Å²) in [5.74, 6) is -1.04. The molecule has 2 saturated carbocycles. The van der Waals surface area contributed by atoms with Gasteiger partial charge in [0.1, 0.15) is 29.8 Å². The van der Waals surface area contributed by atoms with Crippen LogP contribution in [0.15, 0.2) is 18.3 Å². The summed E-state index contributed by atoms with van der Waals surface area (Å²) in [6, 6.07) is 1.84. The molecule has 2 aromatic rings. The molecule has 2 aromatic heterocycles. The number of aromatic amines is 1. The van der Waals surface area contributed by atoms with E-state index in [0.717, 1.165) is 32.1 Å². The number of anilines is 1. The SMILES string of the molecule is CC(C)(C)OC(=O)N[C@H](CF)[C@H]1CC[C@H](C(=O)N2CC[C@@H](C3CCCCC3)[C@H]2C(=O)Nc2cc3cc(C(=O)O)[nH]c3cn2)CC1. The summed E-state index contributed by atoms with van der Waals surface area (Å²) < 4.78 is 19.3. The van der Waals surface area contributed by atoms with Gasteiger partial charge in [0.15, 0.2) is 0 Å². The van der Waals surface area contributed by atoms with Gasteiger partial charge in [-0.05, 0) is 82.8 Å². The first-order chi connectivity index (χ1) is 21.4. The molecule has 1 saturated heterocycles. The Kier molecular flexibility index (Phi) is 9.98. The van der Waals surface area contributed by atoms with E-state index in [1.54, 1.807) is 31.7 Å². The third-order valence-corrected chi connectivity index (χ3v) is 9.80. The van der Waals surface area contributed by atoms with Crippen molar-refractivity contribution in [2.45, 2.75) is 103 Å². The van der Waals surface area contributed by atoms with Crippen LogP contribution in [-0.4, -0.2) is 74.8 Å². The van der Waals surface area contributed by atoms with Crippen molar-refractivity contribution in [1.82, 2.24) is 20.2 Å². The van der Waals surface area contributed by atoms with Gasteiger partial charge in [0.2, 0.25) is 11.8 Å². The molecule has 0 bridgehead atoms. The highest BCUT2D eigenvalue weighted by atomic mass is 19.1. The van der Waals surface area contributed by atoms with E-state index in [0.29, 0.717) is 54.9 Å². The monoisotopic (exact) mass is 627 g/mol. The minimum atomic E-state index is -1.08. The first kappa shape index (κ1) is 32.7. The van der Waals surface area contributed by atoms with E-state index in [9.17, 15) is 28.7 Å². The number of nitrogens with zero attached hydrogens (tertiary/aromatic N) is 2. The van der Waals surface area contributed by atoms with Crippen LogP contribution in [0.1, 0.15) is 95.5 Å². The molecule has 0 unspecified atom stereocenters. The molecular formula is C33H46FN5O6. The number of H-pyrrole nitrogens is 1. The Bertz CT molecular complexity index is 1390. The van der Waals surface area contributed by atoms with Crippen LogP contribution in [-0.2, 0) is 14.3 Å². The van der Waals surface area contributed by atoms with Gasteiger partial charge in [-0.1, -0.05) is 32.1 Å². The molecule has 1 aliphatic heterocycles. The summed E-state index contributed by atoms with van der Waals surface area (Å²) >= 11 is 0. The Morgan fingerprint density at radius 1 is 1.07 bits per heavy atom. The second kappa shape index (κ2) is 13.7. The summed E-state index contributed by atoms with van der Waals surface area (Å²) in [5.41, 5.74) is -0.0962. The lowest BCUT2D eigenvalue weighted by molar-refractivity contribution is -0.142. The Morgan fingerprint density at radius 2 is 1.78 bits per heavy atom. The van der Waals surface area contributed by atoms with Crippen molar-refractivity contribution in [2.75, 3.05) is 18.5 Å².